The summed E-state index contributed by atoms with van der Waals surface area (Å²) in [6.07, 6.45) is 1.22. The Bertz CT molecular complexity index is 852. The number of aromatic amines is 1. The molecule has 6 heteroatoms. The summed E-state index contributed by atoms with van der Waals surface area (Å²) in [5.74, 6) is -2.34. The number of ether oxygens (including phenoxy) is 2. The number of carbonyl (C=O) groups excluding carboxylic acids is 1. The largest absolute Gasteiger partial charge is 0.427 e. The number of rotatable bonds is 3. The van der Waals surface area contributed by atoms with Crippen LogP contribution in [0, 0.1) is 23.1 Å². The molecule has 5 nitrogen and oxygen atoms in total. The normalized spacial score (nSPS) is 21.1. The highest BCUT2D eigenvalue weighted by Gasteiger charge is 2.48. The summed E-state index contributed by atoms with van der Waals surface area (Å²) in [5.41, 5.74) is 1.97. The number of aromatic nitrogens is 1. The van der Waals surface area contributed by atoms with Crippen LogP contribution in [-0.4, -0.2) is 17.6 Å². The van der Waals surface area contributed by atoms with Gasteiger partial charge in [-0.25, -0.2) is 4.39 Å². The molecule has 3 rings (SSSR count). The van der Waals surface area contributed by atoms with Crippen molar-refractivity contribution in [3.05, 3.63) is 34.8 Å². The molecular weight excluding hydrogens is 311 g/mol. The fourth-order valence-electron chi connectivity index (χ4n) is 3.41. The van der Waals surface area contributed by atoms with Gasteiger partial charge < -0.3 is 14.5 Å². The molecule has 126 valence electrons. The van der Waals surface area contributed by atoms with E-state index in [0.717, 1.165) is 5.56 Å². The summed E-state index contributed by atoms with van der Waals surface area (Å²) >= 11 is 0. The summed E-state index contributed by atoms with van der Waals surface area (Å²) in [6.45, 7) is 5.55. The van der Waals surface area contributed by atoms with E-state index in [1.54, 1.807) is 0 Å². The van der Waals surface area contributed by atoms with Crippen molar-refractivity contribution in [3.63, 3.8) is 0 Å². The van der Waals surface area contributed by atoms with Crippen LogP contribution in [0.3, 0.4) is 0 Å². The molecule has 1 aromatic carbocycles. The van der Waals surface area contributed by atoms with Crippen LogP contribution in [0.4, 0.5) is 4.39 Å². The molecule has 0 spiro atoms. The molecule has 1 aromatic heterocycles. The van der Waals surface area contributed by atoms with Gasteiger partial charge in [-0.05, 0) is 30.5 Å². The van der Waals surface area contributed by atoms with Crippen molar-refractivity contribution in [1.29, 1.82) is 5.26 Å². The molecule has 0 radical (unpaired) electrons. The summed E-state index contributed by atoms with van der Waals surface area (Å²) in [6, 6.07) is 4.84. The van der Waals surface area contributed by atoms with Gasteiger partial charge in [-0.1, -0.05) is 13.8 Å². The number of H-pyrrole nitrogens is 1. The van der Waals surface area contributed by atoms with E-state index >= 15 is 0 Å². The topological polar surface area (TPSA) is 75.1 Å². The fraction of sp³-hybridized carbons (Fsp3) is 0.444. The van der Waals surface area contributed by atoms with Gasteiger partial charge >= 0.3 is 5.97 Å². The van der Waals surface area contributed by atoms with Crippen LogP contribution in [0.1, 0.15) is 44.0 Å². The first-order valence-corrected chi connectivity index (χ1v) is 8.01. The predicted molar refractivity (Wildman–Crippen MR) is 85.5 cm³/mol. The molecule has 24 heavy (non-hydrogen) atoms. The lowest BCUT2D eigenvalue weighted by atomic mass is 9.88. The molecule has 1 aliphatic heterocycles. The van der Waals surface area contributed by atoms with Crippen molar-refractivity contribution >= 4 is 16.9 Å². The van der Waals surface area contributed by atoms with Gasteiger partial charge in [0.05, 0.1) is 29.5 Å². The van der Waals surface area contributed by atoms with E-state index in [1.165, 1.54) is 19.1 Å². The van der Waals surface area contributed by atoms with Gasteiger partial charge in [-0.3, -0.25) is 4.79 Å². The molecule has 0 amide bonds. The number of fused-ring (bicyclic) bond motifs is 3. The van der Waals surface area contributed by atoms with Crippen molar-refractivity contribution in [3.8, 4) is 6.07 Å². The molecule has 0 saturated heterocycles. The molecule has 2 atom stereocenters. The summed E-state index contributed by atoms with van der Waals surface area (Å²) in [5, 5.41) is 9.93. The molecule has 0 saturated carbocycles. The first-order valence-electron chi connectivity index (χ1n) is 8.01. The first kappa shape index (κ1) is 16.5. The maximum Gasteiger partial charge on any atom is 0.305 e. The van der Waals surface area contributed by atoms with Gasteiger partial charge in [-0.15, -0.1) is 0 Å². The summed E-state index contributed by atoms with van der Waals surface area (Å²) in [7, 11) is 0. The summed E-state index contributed by atoms with van der Waals surface area (Å²) in [4.78, 5) is 14.8. The Morgan fingerprint density at radius 3 is 2.96 bits per heavy atom. The van der Waals surface area contributed by atoms with Crippen molar-refractivity contribution in [2.75, 3.05) is 6.61 Å². The van der Waals surface area contributed by atoms with Gasteiger partial charge in [-0.2, -0.15) is 5.26 Å². The second kappa shape index (κ2) is 5.91. The maximum atomic E-state index is 14.3. The van der Waals surface area contributed by atoms with Crippen LogP contribution in [0.25, 0.3) is 10.9 Å². The average Bonchev–Trinajstić information content (AvgIpc) is 2.96. The Labute approximate surface area is 139 Å². The minimum absolute atomic E-state index is 0.137. The lowest BCUT2D eigenvalue weighted by Gasteiger charge is -2.40. The third-order valence-corrected chi connectivity index (χ3v) is 4.70. The zero-order valence-electron chi connectivity index (χ0n) is 13.9. The van der Waals surface area contributed by atoms with Crippen molar-refractivity contribution in [2.24, 2.45) is 5.92 Å². The van der Waals surface area contributed by atoms with Gasteiger partial charge in [0.15, 0.2) is 0 Å². The lowest BCUT2D eigenvalue weighted by molar-refractivity contribution is -0.268. The highest BCUT2D eigenvalue weighted by molar-refractivity contribution is 5.91. The molecule has 0 aliphatic carbocycles. The smallest absolute Gasteiger partial charge is 0.305 e. The van der Waals surface area contributed by atoms with Gasteiger partial charge in [0, 0.05) is 18.2 Å². The third kappa shape index (κ3) is 2.28. The lowest BCUT2D eigenvalue weighted by Crippen LogP contribution is -2.44. The quantitative estimate of drug-likeness (QED) is 0.874. The first-order chi connectivity index (χ1) is 11.4. The highest BCUT2D eigenvalue weighted by Crippen LogP contribution is 2.44. The predicted octanol–water partition coefficient (Wildman–Crippen LogP) is 3.51. The van der Waals surface area contributed by atoms with E-state index in [-0.39, 0.29) is 11.4 Å². The van der Waals surface area contributed by atoms with Crippen LogP contribution < -0.4 is 0 Å². The van der Waals surface area contributed by atoms with Gasteiger partial charge in [0.1, 0.15) is 5.82 Å². The molecule has 0 fully saturated rings. The molecule has 0 bridgehead atoms. The summed E-state index contributed by atoms with van der Waals surface area (Å²) < 4.78 is 25.8. The number of esters is 1. The second-order valence-corrected chi connectivity index (χ2v) is 6.10. The minimum Gasteiger partial charge on any atom is -0.427 e. The number of benzene rings is 1. The van der Waals surface area contributed by atoms with E-state index in [9.17, 15) is 14.4 Å². The maximum absolute atomic E-state index is 14.3. The Kier molecular flexibility index (Phi) is 4.06. The van der Waals surface area contributed by atoms with Crippen LogP contribution in [-0.2, 0) is 26.5 Å². The number of hydrogen-bond acceptors (Lipinski definition) is 4. The van der Waals surface area contributed by atoms with E-state index < -0.39 is 17.6 Å². The van der Waals surface area contributed by atoms with Gasteiger partial charge in [0.2, 0.25) is 0 Å². The molecular formula is C18H19FN2O3. The zero-order valence-corrected chi connectivity index (χ0v) is 13.9. The van der Waals surface area contributed by atoms with Crippen LogP contribution in [0.2, 0.25) is 0 Å². The number of nitrogens with one attached hydrogen (secondary N) is 1. The number of carbonyl (C=O) groups is 1. The molecule has 2 aromatic rings. The Morgan fingerprint density at radius 1 is 1.58 bits per heavy atom. The number of nitriles is 1. The molecule has 1 aliphatic rings. The fourth-order valence-corrected chi connectivity index (χ4v) is 3.41. The van der Waals surface area contributed by atoms with Crippen molar-refractivity contribution in [2.45, 2.75) is 39.4 Å². The van der Waals surface area contributed by atoms with E-state index in [2.05, 4.69) is 11.1 Å². The monoisotopic (exact) mass is 330 g/mol. The third-order valence-electron chi connectivity index (χ3n) is 4.70. The van der Waals surface area contributed by atoms with Crippen molar-refractivity contribution in [1.82, 2.24) is 4.98 Å². The van der Waals surface area contributed by atoms with Crippen LogP contribution in [0.5, 0.6) is 0 Å². The minimum atomic E-state index is -1.29. The molecule has 1 N–H and O–H groups in total. The van der Waals surface area contributed by atoms with E-state index in [1.807, 2.05) is 13.8 Å². The Morgan fingerprint density at radius 2 is 2.33 bits per heavy atom. The zero-order chi connectivity index (χ0) is 17.5. The van der Waals surface area contributed by atoms with Crippen LogP contribution in [0.15, 0.2) is 12.1 Å². The Balaban J connectivity index is 2.34. The number of halogens is 1. The number of hydrogen-bond donors (Lipinski definition) is 1. The Hall–Kier alpha value is -2.39. The molecule has 2 heterocycles. The highest BCUT2D eigenvalue weighted by atomic mass is 19.1. The molecule has 2 unspecified atom stereocenters. The van der Waals surface area contributed by atoms with Crippen molar-refractivity contribution < 1.29 is 18.7 Å². The standard InChI is InChI=1S/C18H19FN2O3/c1-4-10(2)18(24-11(3)22)17-13(7-8-23-18)15-12(9-20)5-6-14(19)16(15)21-17/h5-6,10,21H,4,7-8H2,1-3H3. The van der Waals surface area contributed by atoms with E-state index in [0.29, 0.717) is 36.1 Å². The van der Waals surface area contributed by atoms with E-state index in [4.69, 9.17) is 9.47 Å². The average molecular weight is 330 g/mol. The van der Waals surface area contributed by atoms with Gasteiger partial charge in [0.25, 0.3) is 5.79 Å². The van der Waals surface area contributed by atoms with Crippen LogP contribution >= 0.6 is 0 Å². The number of nitrogens with zero attached hydrogens (tertiary/aromatic N) is 1. The SMILES string of the molecule is CCC(C)C1(OC(C)=O)OCCc2c1[nH]c1c(F)ccc(C#N)c21. The second-order valence-electron chi connectivity index (χ2n) is 6.10.